The molecule has 2 unspecified atom stereocenters. The highest BCUT2D eigenvalue weighted by molar-refractivity contribution is 6.17. The van der Waals surface area contributed by atoms with Crippen molar-refractivity contribution in [2.75, 3.05) is 5.88 Å². The molecule has 0 amide bonds. The number of halogens is 1. The Balaban J connectivity index is 2.72. The molecule has 1 rings (SSSR count). The molecule has 5 heteroatoms. The Bertz CT molecular complexity index is 308. The average molecular weight is 260 g/mol. The van der Waals surface area contributed by atoms with E-state index in [1.165, 1.54) is 6.33 Å². The van der Waals surface area contributed by atoms with Gasteiger partial charge in [-0.1, -0.05) is 27.2 Å². The second kappa shape index (κ2) is 6.36. The normalized spacial score (nSPS) is 15.8. The summed E-state index contributed by atoms with van der Waals surface area (Å²) in [5, 5.41) is 14.5. The number of unbranched alkanes of at least 4 members (excludes halogenated alkanes) is 1. The molecular formula is C12H22ClN3O. The van der Waals surface area contributed by atoms with E-state index in [2.05, 4.69) is 10.1 Å². The molecule has 1 N–H and O–H groups in total. The quantitative estimate of drug-likeness (QED) is 0.631. The van der Waals surface area contributed by atoms with Gasteiger partial charge < -0.3 is 5.11 Å². The smallest absolute Gasteiger partial charge is 0.137 e. The predicted octanol–water partition coefficient (Wildman–Crippen LogP) is 2.64. The SMILES string of the molecule is CC(C)(C)C(O)C(CCCCCl)n1cncn1. The van der Waals surface area contributed by atoms with Crippen molar-refractivity contribution in [2.24, 2.45) is 5.41 Å². The van der Waals surface area contributed by atoms with E-state index in [4.69, 9.17) is 11.6 Å². The summed E-state index contributed by atoms with van der Waals surface area (Å²) in [6.07, 6.45) is 5.54. The van der Waals surface area contributed by atoms with Crippen LogP contribution in [0, 0.1) is 5.41 Å². The monoisotopic (exact) mass is 259 g/mol. The van der Waals surface area contributed by atoms with Gasteiger partial charge in [-0.25, -0.2) is 9.67 Å². The molecule has 0 bridgehead atoms. The molecule has 0 saturated carbocycles. The Morgan fingerprint density at radius 2 is 2.06 bits per heavy atom. The lowest BCUT2D eigenvalue weighted by atomic mass is 9.83. The number of aliphatic hydroxyl groups is 1. The van der Waals surface area contributed by atoms with Gasteiger partial charge >= 0.3 is 0 Å². The summed E-state index contributed by atoms with van der Waals surface area (Å²) in [5.41, 5.74) is -0.169. The zero-order chi connectivity index (χ0) is 12.9. The summed E-state index contributed by atoms with van der Waals surface area (Å²) in [5.74, 6) is 0.662. The Labute approximate surface area is 108 Å². The predicted molar refractivity (Wildman–Crippen MR) is 69.1 cm³/mol. The van der Waals surface area contributed by atoms with E-state index in [0.717, 1.165) is 19.3 Å². The maximum absolute atomic E-state index is 10.4. The van der Waals surface area contributed by atoms with Crippen LogP contribution in [0.1, 0.15) is 46.1 Å². The first-order valence-corrected chi connectivity index (χ1v) is 6.58. The Kier molecular flexibility index (Phi) is 5.40. The van der Waals surface area contributed by atoms with Crippen molar-refractivity contribution >= 4 is 11.6 Å². The molecule has 0 spiro atoms. The molecular weight excluding hydrogens is 238 g/mol. The first-order valence-electron chi connectivity index (χ1n) is 6.05. The second-order valence-corrected chi connectivity index (χ2v) is 5.82. The highest BCUT2D eigenvalue weighted by Gasteiger charge is 2.31. The van der Waals surface area contributed by atoms with E-state index >= 15 is 0 Å². The minimum atomic E-state index is -0.445. The topological polar surface area (TPSA) is 50.9 Å². The van der Waals surface area contributed by atoms with Crippen LogP contribution in [0.15, 0.2) is 12.7 Å². The molecule has 1 heterocycles. The third-order valence-corrected chi connectivity index (χ3v) is 3.18. The van der Waals surface area contributed by atoms with E-state index in [1.807, 2.05) is 20.8 Å². The van der Waals surface area contributed by atoms with Gasteiger partial charge in [0.05, 0.1) is 12.1 Å². The maximum Gasteiger partial charge on any atom is 0.137 e. The lowest BCUT2D eigenvalue weighted by molar-refractivity contribution is 0.00863. The first kappa shape index (κ1) is 14.5. The highest BCUT2D eigenvalue weighted by Crippen LogP contribution is 2.30. The first-order chi connectivity index (χ1) is 7.96. The van der Waals surface area contributed by atoms with Crippen molar-refractivity contribution in [3.05, 3.63) is 12.7 Å². The van der Waals surface area contributed by atoms with Crippen LogP contribution >= 0.6 is 11.6 Å². The molecule has 2 atom stereocenters. The molecule has 0 aliphatic rings. The van der Waals surface area contributed by atoms with Crippen molar-refractivity contribution in [3.63, 3.8) is 0 Å². The van der Waals surface area contributed by atoms with E-state index < -0.39 is 6.10 Å². The van der Waals surface area contributed by atoms with Gasteiger partial charge in [0.1, 0.15) is 12.7 Å². The summed E-state index contributed by atoms with van der Waals surface area (Å²) in [7, 11) is 0. The van der Waals surface area contributed by atoms with E-state index in [0.29, 0.717) is 5.88 Å². The molecule has 0 fully saturated rings. The van der Waals surface area contributed by atoms with Gasteiger partial charge in [0.2, 0.25) is 0 Å². The second-order valence-electron chi connectivity index (χ2n) is 5.44. The fraction of sp³-hybridized carbons (Fsp3) is 0.833. The van der Waals surface area contributed by atoms with Crippen LogP contribution in [-0.4, -0.2) is 31.9 Å². The average Bonchev–Trinajstić information content (AvgIpc) is 2.75. The standard InChI is InChI=1S/C12H22ClN3O/c1-12(2,3)11(17)10(6-4-5-7-13)16-9-14-8-15-16/h8-11,17H,4-7H2,1-3H3. The van der Waals surface area contributed by atoms with Crippen molar-refractivity contribution in [1.29, 1.82) is 0 Å². The van der Waals surface area contributed by atoms with Crippen LogP contribution in [0.3, 0.4) is 0 Å². The van der Waals surface area contributed by atoms with Gasteiger partial charge in [0.15, 0.2) is 0 Å². The molecule has 98 valence electrons. The van der Waals surface area contributed by atoms with Crippen LogP contribution in [0.5, 0.6) is 0 Å². The van der Waals surface area contributed by atoms with Crippen LogP contribution in [0.2, 0.25) is 0 Å². The summed E-state index contributed by atoms with van der Waals surface area (Å²) in [6, 6.07) is -0.0271. The van der Waals surface area contributed by atoms with Crippen molar-refractivity contribution < 1.29 is 5.11 Å². The number of aliphatic hydroxyl groups excluding tert-OH is 1. The van der Waals surface area contributed by atoms with Crippen LogP contribution in [-0.2, 0) is 0 Å². The zero-order valence-corrected chi connectivity index (χ0v) is 11.6. The third-order valence-electron chi connectivity index (χ3n) is 2.91. The largest absolute Gasteiger partial charge is 0.390 e. The van der Waals surface area contributed by atoms with Crippen LogP contribution in [0.25, 0.3) is 0 Å². The number of nitrogens with zero attached hydrogens (tertiary/aromatic N) is 3. The number of hydrogen-bond donors (Lipinski definition) is 1. The van der Waals surface area contributed by atoms with Crippen LogP contribution < -0.4 is 0 Å². The van der Waals surface area contributed by atoms with E-state index in [1.54, 1.807) is 11.0 Å². The summed E-state index contributed by atoms with van der Waals surface area (Å²) >= 11 is 5.68. The van der Waals surface area contributed by atoms with Crippen molar-refractivity contribution in [1.82, 2.24) is 14.8 Å². The minimum absolute atomic E-state index is 0.0271. The highest BCUT2D eigenvalue weighted by atomic mass is 35.5. The van der Waals surface area contributed by atoms with Crippen LogP contribution in [0.4, 0.5) is 0 Å². The van der Waals surface area contributed by atoms with E-state index in [-0.39, 0.29) is 11.5 Å². The van der Waals surface area contributed by atoms with Gasteiger partial charge in [0, 0.05) is 5.88 Å². The third kappa shape index (κ3) is 4.28. The Morgan fingerprint density at radius 1 is 1.35 bits per heavy atom. The Hall–Kier alpha value is -0.610. The molecule has 0 aromatic carbocycles. The van der Waals surface area contributed by atoms with E-state index in [9.17, 15) is 5.11 Å². The minimum Gasteiger partial charge on any atom is -0.390 e. The van der Waals surface area contributed by atoms with Gasteiger partial charge in [-0.3, -0.25) is 0 Å². The van der Waals surface area contributed by atoms with Gasteiger partial charge in [-0.15, -0.1) is 11.6 Å². The van der Waals surface area contributed by atoms with Gasteiger partial charge in [-0.2, -0.15) is 5.10 Å². The number of hydrogen-bond acceptors (Lipinski definition) is 3. The molecule has 4 nitrogen and oxygen atoms in total. The fourth-order valence-corrected chi connectivity index (χ4v) is 2.04. The molecule has 0 radical (unpaired) electrons. The Morgan fingerprint density at radius 3 is 2.53 bits per heavy atom. The zero-order valence-electron chi connectivity index (χ0n) is 10.8. The van der Waals surface area contributed by atoms with Gasteiger partial charge in [0.25, 0.3) is 0 Å². The number of alkyl halides is 1. The molecule has 0 aliphatic carbocycles. The molecule has 0 saturated heterocycles. The molecule has 0 aliphatic heterocycles. The lowest BCUT2D eigenvalue weighted by Gasteiger charge is -2.33. The van der Waals surface area contributed by atoms with Crippen molar-refractivity contribution in [2.45, 2.75) is 52.2 Å². The fourth-order valence-electron chi connectivity index (χ4n) is 1.85. The maximum atomic E-state index is 10.4. The summed E-state index contributed by atoms with van der Waals surface area (Å²) < 4.78 is 1.75. The molecule has 1 aromatic rings. The van der Waals surface area contributed by atoms with Gasteiger partial charge in [-0.05, 0) is 18.3 Å². The molecule has 17 heavy (non-hydrogen) atoms. The van der Waals surface area contributed by atoms with Crippen molar-refractivity contribution in [3.8, 4) is 0 Å². The lowest BCUT2D eigenvalue weighted by Crippen LogP contribution is -2.35. The molecule has 1 aromatic heterocycles. The number of rotatable bonds is 6. The number of aromatic nitrogens is 3. The summed E-state index contributed by atoms with van der Waals surface area (Å²) in [4.78, 5) is 3.95. The summed E-state index contributed by atoms with van der Waals surface area (Å²) in [6.45, 7) is 6.09.